The molecule has 0 saturated carbocycles. The number of unbranched alkanes of at least 4 members (excludes halogenated alkanes) is 16. The first-order valence-electron chi connectivity index (χ1n) is 19.2. The Morgan fingerprint density at radius 1 is 0.469 bits per heavy atom. The van der Waals surface area contributed by atoms with Crippen LogP contribution in [0.1, 0.15) is 141 Å². The molecule has 0 amide bonds. The van der Waals surface area contributed by atoms with Crippen molar-refractivity contribution in [1.82, 2.24) is 17.9 Å². The average molecular weight is 794 g/mol. The molecule has 8 aromatic rings. The Labute approximate surface area is 312 Å². The van der Waals surface area contributed by atoms with E-state index in [1.165, 1.54) is 201 Å². The van der Waals surface area contributed by atoms with Crippen molar-refractivity contribution in [3.05, 3.63) is 21.9 Å². The van der Waals surface area contributed by atoms with Gasteiger partial charge in [0.05, 0.1) is 0 Å². The van der Waals surface area contributed by atoms with E-state index in [9.17, 15) is 0 Å². The fourth-order valence-electron chi connectivity index (χ4n) is 7.90. The summed E-state index contributed by atoms with van der Waals surface area (Å²) in [6.45, 7) is 4.60. The number of aryl methyl sites for hydroxylation is 2. The summed E-state index contributed by atoms with van der Waals surface area (Å²) >= 11 is 7.92. The van der Waals surface area contributed by atoms with Gasteiger partial charge >= 0.3 is 236 Å². The molecule has 2 N–H and O–H groups in total. The Hall–Kier alpha value is -1.74. The van der Waals surface area contributed by atoms with Crippen LogP contribution in [0.5, 0.6) is 0 Å². The predicted molar refractivity (Wildman–Crippen MR) is 224 cm³/mol. The second kappa shape index (κ2) is 15.9. The van der Waals surface area contributed by atoms with Gasteiger partial charge in [-0.2, -0.15) is 0 Å². The first-order chi connectivity index (χ1) is 24.3. The zero-order valence-electron chi connectivity index (χ0n) is 29.2. The number of hydrogen-bond donors (Lipinski definition) is 2. The normalized spacial score (nSPS) is 12.7. The molecule has 4 nitrogen and oxygen atoms in total. The van der Waals surface area contributed by atoms with Gasteiger partial charge in [0.1, 0.15) is 0 Å². The Morgan fingerprint density at radius 3 is 1.27 bits per heavy atom. The third-order valence-electron chi connectivity index (χ3n) is 10.7. The second-order valence-corrected chi connectivity index (χ2v) is 19.4. The molecule has 0 bridgehead atoms. The summed E-state index contributed by atoms with van der Waals surface area (Å²) in [5.41, 5.74) is 10.2. The maximum atomic E-state index is 5.42. The van der Waals surface area contributed by atoms with Gasteiger partial charge in [0, 0.05) is 0 Å². The number of fused-ring (bicyclic) bond motifs is 14. The number of thiophene rings is 4. The van der Waals surface area contributed by atoms with E-state index in [0.717, 1.165) is 11.0 Å². The molecule has 0 radical (unpaired) electrons. The molecule has 0 atom stereocenters. The molecule has 0 aliphatic heterocycles. The van der Waals surface area contributed by atoms with E-state index in [-0.39, 0.29) is 15.0 Å². The topological polar surface area (TPSA) is 57.4 Å². The van der Waals surface area contributed by atoms with Gasteiger partial charge < -0.3 is 0 Å². The number of H-pyrrole nitrogens is 2. The molecular weight excluding hydrogens is 744 g/mol. The van der Waals surface area contributed by atoms with Crippen LogP contribution in [-0.4, -0.2) is 32.9 Å². The van der Waals surface area contributed by atoms with Crippen molar-refractivity contribution in [2.24, 2.45) is 0 Å². The van der Waals surface area contributed by atoms with Crippen molar-refractivity contribution in [3.63, 3.8) is 0 Å². The van der Waals surface area contributed by atoms with E-state index in [1.54, 1.807) is 0 Å². The van der Waals surface area contributed by atoms with Gasteiger partial charge in [0.2, 0.25) is 0 Å². The minimum absolute atomic E-state index is 0.141. The summed E-state index contributed by atoms with van der Waals surface area (Å²) in [7, 11) is 0. The first kappa shape index (κ1) is 34.4. The van der Waals surface area contributed by atoms with E-state index in [1.807, 2.05) is 45.3 Å². The molecule has 7 heterocycles. The number of rotatable bonds is 20. The Bertz CT molecular complexity index is 2140. The molecule has 260 valence electrons. The van der Waals surface area contributed by atoms with Crippen molar-refractivity contribution >= 4 is 132 Å². The van der Waals surface area contributed by atoms with Crippen LogP contribution in [0.15, 0.2) is 10.8 Å². The van der Waals surface area contributed by atoms with Crippen molar-refractivity contribution < 1.29 is 0 Å². The molecule has 7 aromatic heterocycles. The molecular formula is C40H50N4S4Se. The van der Waals surface area contributed by atoms with E-state index >= 15 is 0 Å². The molecule has 0 unspecified atom stereocenters. The molecule has 49 heavy (non-hydrogen) atoms. The van der Waals surface area contributed by atoms with Gasteiger partial charge in [-0.15, -0.1) is 0 Å². The third-order valence-corrected chi connectivity index (χ3v) is 16.8. The minimum atomic E-state index is 0.141. The van der Waals surface area contributed by atoms with E-state index in [4.69, 9.17) is 9.97 Å². The van der Waals surface area contributed by atoms with Gasteiger partial charge in [-0.05, 0) is 0 Å². The van der Waals surface area contributed by atoms with E-state index in [0.29, 0.717) is 0 Å². The predicted octanol–water partition coefficient (Wildman–Crippen LogP) is 14.7. The molecule has 1 aromatic carbocycles. The van der Waals surface area contributed by atoms with E-state index < -0.39 is 0 Å². The fourth-order valence-corrected chi connectivity index (χ4v) is 14.6. The molecule has 0 fully saturated rings. The number of nitrogens with zero attached hydrogens (tertiary/aromatic N) is 2. The first-order valence-corrected chi connectivity index (χ1v) is 24.3. The molecule has 8 rings (SSSR count). The fraction of sp³-hybridized carbons (Fsp3) is 0.550. The summed E-state index contributed by atoms with van der Waals surface area (Å²) < 4.78 is 16.0. The zero-order chi connectivity index (χ0) is 33.2. The number of nitrogens with one attached hydrogen (secondary N) is 2. The quantitative estimate of drug-likeness (QED) is 0.0596. The summed E-state index contributed by atoms with van der Waals surface area (Å²) in [5.74, 6) is 0. The maximum absolute atomic E-state index is 5.42. The van der Waals surface area contributed by atoms with Crippen LogP contribution in [0.3, 0.4) is 0 Å². The van der Waals surface area contributed by atoms with Gasteiger partial charge in [-0.25, -0.2) is 0 Å². The number of aromatic nitrogens is 4. The molecule has 0 saturated heterocycles. The van der Waals surface area contributed by atoms with Crippen LogP contribution >= 0.6 is 45.3 Å². The van der Waals surface area contributed by atoms with E-state index in [2.05, 4.69) is 32.6 Å². The molecule has 0 aliphatic rings. The summed E-state index contributed by atoms with van der Waals surface area (Å²) in [4.78, 5) is 10.8. The number of benzene rings is 1. The Morgan fingerprint density at radius 2 is 0.857 bits per heavy atom. The van der Waals surface area contributed by atoms with Gasteiger partial charge in [0.25, 0.3) is 0 Å². The van der Waals surface area contributed by atoms with Crippen molar-refractivity contribution in [2.75, 3.05) is 0 Å². The van der Waals surface area contributed by atoms with Gasteiger partial charge in [0.15, 0.2) is 0 Å². The SMILES string of the molecule is CCCCCCCCCCCc1csc2c1sc1c2nc2c3nc4c5scc(CCCCCCCCCCC)c5sc4c3c3[nH][se][nH]c3c21. The van der Waals surface area contributed by atoms with Gasteiger partial charge in [-0.1, -0.05) is 78.1 Å². The second-order valence-electron chi connectivity index (χ2n) is 14.3. The summed E-state index contributed by atoms with van der Waals surface area (Å²) in [6, 6.07) is 0. The van der Waals surface area contributed by atoms with Crippen molar-refractivity contribution in [3.8, 4) is 0 Å². The molecule has 0 aliphatic carbocycles. The van der Waals surface area contributed by atoms with Crippen LogP contribution in [0, 0.1) is 0 Å². The molecule has 9 heteroatoms. The zero-order valence-corrected chi connectivity index (χ0v) is 34.2. The van der Waals surface area contributed by atoms with Crippen molar-refractivity contribution in [1.29, 1.82) is 0 Å². The summed E-state index contributed by atoms with van der Waals surface area (Å²) in [6.07, 6.45) is 27.2. The van der Waals surface area contributed by atoms with Crippen LogP contribution in [0.2, 0.25) is 0 Å². The Kier molecular flexibility index (Phi) is 11.1. The van der Waals surface area contributed by atoms with Crippen LogP contribution in [0.25, 0.3) is 72.1 Å². The van der Waals surface area contributed by atoms with Gasteiger partial charge in [-0.3, -0.25) is 0 Å². The Balaban J connectivity index is 1.02. The third kappa shape index (κ3) is 6.70. The van der Waals surface area contributed by atoms with Crippen molar-refractivity contribution in [2.45, 2.75) is 142 Å². The van der Waals surface area contributed by atoms with Crippen LogP contribution < -0.4 is 0 Å². The molecule has 0 spiro atoms. The monoisotopic (exact) mass is 794 g/mol. The average Bonchev–Trinajstić information content (AvgIpc) is 3.95. The standard InChI is InChI=1S/C40H50N4S4Se/c1-3-5-7-9-11-13-15-17-19-21-25-23-45-39-33-37(47-35(25)39)27-29(41-33)30-28(32-31(27)43-49-44-32)38-34(42-30)40-36(48-38)26(24-46-40)22-20-18-16-14-12-10-8-6-4-2/h23-24,43-44H,3-22H2,1-2H3. The number of aromatic amines is 2. The summed E-state index contributed by atoms with van der Waals surface area (Å²) in [5, 5.41) is 7.43. The van der Waals surface area contributed by atoms with Crippen LogP contribution in [0.4, 0.5) is 0 Å². The van der Waals surface area contributed by atoms with Crippen LogP contribution in [-0.2, 0) is 12.8 Å². The number of hydrogen-bond acceptors (Lipinski definition) is 6.